The van der Waals surface area contributed by atoms with Gasteiger partial charge in [0, 0.05) is 19.2 Å². The van der Waals surface area contributed by atoms with Crippen LogP contribution in [0.15, 0.2) is 22.8 Å². The summed E-state index contributed by atoms with van der Waals surface area (Å²) in [5, 5.41) is 0. The summed E-state index contributed by atoms with van der Waals surface area (Å²) in [6.07, 6.45) is 4.93. The van der Waals surface area contributed by atoms with Crippen LogP contribution in [0.3, 0.4) is 0 Å². The Bertz CT molecular complexity index is 532. The second-order valence-corrected chi connectivity index (χ2v) is 7.07. The molecule has 2 rings (SSSR count). The molecular weight excluding hydrogens is 310 g/mol. The van der Waals surface area contributed by atoms with Crippen LogP contribution in [-0.4, -0.2) is 48.2 Å². The first-order valence-electron chi connectivity index (χ1n) is 8.51. The van der Waals surface area contributed by atoms with Crippen LogP contribution in [0.1, 0.15) is 57.0 Å². The van der Waals surface area contributed by atoms with Gasteiger partial charge in [-0.3, -0.25) is 4.79 Å². The van der Waals surface area contributed by atoms with Gasteiger partial charge in [-0.2, -0.15) is 0 Å². The highest BCUT2D eigenvalue weighted by Gasteiger charge is 2.30. The number of nitrogens with zero attached hydrogens (tertiary/aromatic N) is 1. The Morgan fingerprint density at radius 3 is 2.79 bits per heavy atom. The molecule has 6 nitrogen and oxygen atoms in total. The van der Waals surface area contributed by atoms with Crippen LogP contribution in [0.4, 0.5) is 4.79 Å². The lowest BCUT2D eigenvalue weighted by molar-refractivity contribution is 0.00452. The lowest BCUT2D eigenvalue weighted by Gasteiger charge is -2.36. The minimum absolute atomic E-state index is 0.00727. The molecule has 1 aromatic heterocycles. The van der Waals surface area contributed by atoms with Crippen molar-refractivity contribution in [3.05, 3.63) is 24.2 Å². The summed E-state index contributed by atoms with van der Waals surface area (Å²) in [7, 11) is 0. The normalized spacial score (nSPS) is 18.5. The highest BCUT2D eigenvalue weighted by molar-refractivity contribution is 5.94. The zero-order valence-corrected chi connectivity index (χ0v) is 14.7. The summed E-state index contributed by atoms with van der Waals surface area (Å²) in [5.41, 5.74) is -0.495. The Hall–Kier alpha value is -1.82. The number of furan rings is 1. The van der Waals surface area contributed by atoms with E-state index in [1.165, 1.54) is 6.26 Å². The second kappa shape index (κ2) is 8.33. The Labute approximate surface area is 143 Å². The number of rotatable bonds is 6. The van der Waals surface area contributed by atoms with Gasteiger partial charge in [0.1, 0.15) is 12.2 Å². The van der Waals surface area contributed by atoms with Crippen LogP contribution >= 0.6 is 0 Å². The number of hydrogen-bond acceptors (Lipinski definition) is 5. The lowest BCUT2D eigenvalue weighted by atomic mass is 10.0. The molecule has 24 heavy (non-hydrogen) atoms. The molecule has 1 aliphatic rings. The van der Waals surface area contributed by atoms with Gasteiger partial charge in [0.25, 0.3) is 0 Å². The lowest BCUT2D eigenvalue weighted by Crippen LogP contribution is -2.46. The highest BCUT2D eigenvalue weighted by Crippen LogP contribution is 2.22. The number of carbonyl (C=O) groups excluding carboxylic acids is 2. The van der Waals surface area contributed by atoms with E-state index in [1.54, 1.807) is 17.0 Å². The zero-order chi connectivity index (χ0) is 17.6. The van der Waals surface area contributed by atoms with Crippen molar-refractivity contribution in [1.29, 1.82) is 0 Å². The zero-order valence-electron chi connectivity index (χ0n) is 14.7. The smallest absolute Gasteiger partial charge is 0.410 e. The number of ketones is 1. The first-order chi connectivity index (χ1) is 11.4. The van der Waals surface area contributed by atoms with Gasteiger partial charge >= 0.3 is 6.09 Å². The first-order valence-corrected chi connectivity index (χ1v) is 8.51. The van der Waals surface area contributed by atoms with E-state index in [1.807, 2.05) is 20.8 Å². The number of piperidine rings is 1. The largest absolute Gasteiger partial charge is 0.461 e. The molecule has 134 valence electrons. The maximum Gasteiger partial charge on any atom is 0.410 e. The van der Waals surface area contributed by atoms with Crippen LogP contribution in [0.5, 0.6) is 0 Å². The van der Waals surface area contributed by atoms with Crippen molar-refractivity contribution < 1.29 is 23.5 Å². The molecule has 0 N–H and O–H groups in total. The number of hydrogen-bond donors (Lipinski definition) is 0. The molecule has 1 fully saturated rings. The van der Waals surface area contributed by atoms with Crippen LogP contribution in [0.25, 0.3) is 0 Å². The molecule has 0 radical (unpaired) electrons. The molecule has 6 heteroatoms. The van der Waals surface area contributed by atoms with Crippen molar-refractivity contribution in [1.82, 2.24) is 4.90 Å². The SMILES string of the molecule is CC(C)(C)OC(=O)N1CCCC[C@@H]1CCOCC(=O)c1ccco1. The molecule has 0 saturated carbocycles. The van der Waals surface area contributed by atoms with Crippen molar-refractivity contribution >= 4 is 11.9 Å². The number of carbonyl (C=O) groups is 2. The van der Waals surface area contributed by atoms with Crippen LogP contribution in [0, 0.1) is 0 Å². The fraction of sp³-hybridized carbons (Fsp3) is 0.667. The number of Topliss-reactive ketones (excluding diaryl/α,β-unsaturated/α-hetero) is 1. The summed E-state index contributed by atoms with van der Waals surface area (Å²) >= 11 is 0. The van der Waals surface area contributed by atoms with E-state index < -0.39 is 5.60 Å². The topological polar surface area (TPSA) is 69.0 Å². The van der Waals surface area contributed by atoms with Crippen molar-refractivity contribution in [2.24, 2.45) is 0 Å². The summed E-state index contributed by atoms with van der Waals surface area (Å²) < 4.78 is 16.0. The molecule has 0 bridgehead atoms. The molecule has 1 atom stereocenters. The Kier molecular flexibility index (Phi) is 6.43. The predicted octanol–water partition coefficient (Wildman–Crippen LogP) is 3.66. The van der Waals surface area contributed by atoms with E-state index in [0.29, 0.717) is 25.3 Å². The van der Waals surface area contributed by atoms with Crippen molar-refractivity contribution in [2.75, 3.05) is 19.8 Å². The molecule has 0 aliphatic carbocycles. The summed E-state index contributed by atoms with van der Waals surface area (Å²) in [6, 6.07) is 3.40. The molecular formula is C18H27NO5. The molecule has 0 unspecified atom stereocenters. The average Bonchev–Trinajstić information content (AvgIpc) is 3.04. The first kappa shape index (κ1) is 18.5. The molecule has 0 aromatic carbocycles. The standard InChI is InChI=1S/C18H27NO5/c1-18(2,3)24-17(21)19-10-5-4-7-14(19)9-12-22-13-15(20)16-8-6-11-23-16/h6,8,11,14H,4-5,7,9-10,12-13H2,1-3H3/t14-/m1/s1. The predicted molar refractivity (Wildman–Crippen MR) is 89.1 cm³/mol. The summed E-state index contributed by atoms with van der Waals surface area (Å²) in [4.78, 5) is 25.9. The Balaban J connectivity index is 1.76. The third kappa shape index (κ3) is 5.67. The number of ether oxygens (including phenoxy) is 2. The van der Waals surface area contributed by atoms with Crippen molar-refractivity contribution in [2.45, 2.75) is 58.1 Å². The van der Waals surface area contributed by atoms with Gasteiger partial charge in [-0.05, 0) is 58.6 Å². The van der Waals surface area contributed by atoms with E-state index in [0.717, 1.165) is 19.3 Å². The van der Waals surface area contributed by atoms with Gasteiger partial charge in [-0.25, -0.2) is 4.79 Å². The van der Waals surface area contributed by atoms with E-state index in [-0.39, 0.29) is 24.5 Å². The fourth-order valence-electron chi connectivity index (χ4n) is 2.75. The quantitative estimate of drug-likeness (QED) is 0.585. The highest BCUT2D eigenvalue weighted by atomic mass is 16.6. The summed E-state index contributed by atoms with van der Waals surface area (Å²) in [5.74, 6) is 0.135. The minimum Gasteiger partial charge on any atom is -0.461 e. The maximum atomic E-state index is 12.3. The number of amides is 1. The van der Waals surface area contributed by atoms with Gasteiger partial charge in [-0.15, -0.1) is 0 Å². The van der Waals surface area contributed by atoms with Gasteiger partial charge in [0.2, 0.25) is 5.78 Å². The molecule has 1 aromatic rings. The van der Waals surface area contributed by atoms with Gasteiger partial charge < -0.3 is 18.8 Å². The molecule has 0 spiro atoms. The minimum atomic E-state index is -0.495. The molecule has 1 saturated heterocycles. The second-order valence-electron chi connectivity index (χ2n) is 7.07. The monoisotopic (exact) mass is 337 g/mol. The fourth-order valence-corrected chi connectivity index (χ4v) is 2.75. The average molecular weight is 337 g/mol. The van der Waals surface area contributed by atoms with Gasteiger partial charge in [0.05, 0.1) is 6.26 Å². The summed E-state index contributed by atoms with van der Waals surface area (Å²) in [6.45, 7) is 6.74. The van der Waals surface area contributed by atoms with E-state index in [9.17, 15) is 9.59 Å². The van der Waals surface area contributed by atoms with Crippen molar-refractivity contribution in [3.63, 3.8) is 0 Å². The maximum absolute atomic E-state index is 12.3. The van der Waals surface area contributed by atoms with Gasteiger partial charge in [0.15, 0.2) is 5.76 Å². The van der Waals surface area contributed by atoms with Gasteiger partial charge in [-0.1, -0.05) is 0 Å². The third-order valence-corrected chi connectivity index (χ3v) is 3.88. The number of likely N-dealkylation sites (tertiary alicyclic amines) is 1. The Morgan fingerprint density at radius 2 is 2.12 bits per heavy atom. The van der Waals surface area contributed by atoms with Crippen LogP contribution in [-0.2, 0) is 9.47 Å². The molecule has 1 aliphatic heterocycles. The van der Waals surface area contributed by atoms with Crippen LogP contribution in [0.2, 0.25) is 0 Å². The van der Waals surface area contributed by atoms with Crippen LogP contribution < -0.4 is 0 Å². The van der Waals surface area contributed by atoms with E-state index >= 15 is 0 Å². The third-order valence-electron chi connectivity index (χ3n) is 3.88. The Morgan fingerprint density at radius 1 is 1.33 bits per heavy atom. The molecule has 1 amide bonds. The van der Waals surface area contributed by atoms with E-state index in [2.05, 4.69) is 0 Å². The van der Waals surface area contributed by atoms with E-state index in [4.69, 9.17) is 13.9 Å². The van der Waals surface area contributed by atoms with Crippen molar-refractivity contribution in [3.8, 4) is 0 Å². The molecule has 2 heterocycles.